The van der Waals surface area contributed by atoms with Crippen molar-refractivity contribution in [3.8, 4) is 11.5 Å². The van der Waals surface area contributed by atoms with Crippen LogP contribution in [0.1, 0.15) is 29.5 Å². The monoisotopic (exact) mass is 387 g/mol. The lowest BCUT2D eigenvalue weighted by molar-refractivity contribution is 0.252. The van der Waals surface area contributed by atoms with Gasteiger partial charge in [-0.1, -0.05) is 72.8 Å². The second-order valence-corrected chi connectivity index (χ2v) is 7.71. The predicted octanol–water partition coefficient (Wildman–Crippen LogP) is 5.39. The zero-order valence-corrected chi connectivity index (χ0v) is 16.8. The molecular weight excluding hydrogens is 358 g/mol. The first kappa shape index (κ1) is 19.5. The maximum absolute atomic E-state index is 6.34. The predicted molar refractivity (Wildman–Crippen MR) is 117 cm³/mol. The fraction of sp³-hybridized carbons (Fsp3) is 0.308. The molecule has 0 aromatic heterocycles. The van der Waals surface area contributed by atoms with Crippen molar-refractivity contribution in [3.63, 3.8) is 0 Å². The molecule has 1 unspecified atom stereocenters. The third-order valence-corrected chi connectivity index (χ3v) is 5.43. The third-order valence-electron chi connectivity index (χ3n) is 5.43. The van der Waals surface area contributed by atoms with Gasteiger partial charge in [0.1, 0.15) is 13.2 Å². The number of hydrogen-bond donors (Lipinski definition) is 1. The molecule has 29 heavy (non-hydrogen) atoms. The summed E-state index contributed by atoms with van der Waals surface area (Å²) in [6.45, 7) is 3.29. The van der Waals surface area contributed by atoms with Gasteiger partial charge in [-0.05, 0) is 61.0 Å². The summed E-state index contributed by atoms with van der Waals surface area (Å²) in [5.41, 5.74) is 3.55. The summed E-state index contributed by atoms with van der Waals surface area (Å²) < 4.78 is 12.5. The van der Waals surface area contributed by atoms with E-state index < -0.39 is 0 Å². The molecule has 1 aliphatic rings. The smallest absolute Gasteiger partial charge is 0.164 e. The van der Waals surface area contributed by atoms with Crippen molar-refractivity contribution < 1.29 is 9.47 Å². The van der Waals surface area contributed by atoms with Crippen molar-refractivity contribution in [2.24, 2.45) is 5.92 Å². The van der Waals surface area contributed by atoms with Crippen LogP contribution in [-0.2, 0) is 19.6 Å². The van der Waals surface area contributed by atoms with Gasteiger partial charge in [0.05, 0.1) is 0 Å². The molecule has 1 atom stereocenters. The SMILES string of the molecule is c1ccc(COc2cccc(CC3CCCNC3)c2OCc2ccccc2)cc1. The Balaban J connectivity index is 1.53. The number of benzene rings is 3. The number of rotatable bonds is 8. The normalized spacial score (nSPS) is 16.3. The summed E-state index contributed by atoms with van der Waals surface area (Å²) in [6, 6.07) is 26.9. The summed E-state index contributed by atoms with van der Waals surface area (Å²) >= 11 is 0. The molecule has 1 heterocycles. The largest absolute Gasteiger partial charge is 0.485 e. The van der Waals surface area contributed by atoms with Crippen LogP contribution in [0.2, 0.25) is 0 Å². The molecule has 3 nitrogen and oxygen atoms in total. The third kappa shape index (κ3) is 5.61. The second kappa shape index (κ2) is 10.1. The van der Waals surface area contributed by atoms with Crippen LogP contribution < -0.4 is 14.8 Å². The Morgan fingerprint density at radius 2 is 1.45 bits per heavy atom. The van der Waals surface area contributed by atoms with Crippen LogP contribution in [0.25, 0.3) is 0 Å². The molecule has 4 rings (SSSR count). The number of nitrogens with one attached hydrogen (secondary N) is 1. The molecule has 1 fully saturated rings. The Hall–Kier alpha value is -2.78. The van der Waals surface area contributed by atoms with Gasteiger partial charge in [0, 0.05) is 0 Å². The van der Waals surface area contributed by atoms with Gasteiger partial charge in [-0.2, -0.15) is 0 Å². The Bertz CT molecular complexity index is 874. The molecule has 0 amide bonds. The fourth-order valence-electron chi connectivity index (χ4n) is 3.87. The van der Waals surface area contributed by atoms with E-state index >= 15 is 0 Å². The van der Waals surface area contributed by atoms with Gasteiger partial charge in [0.25, 0.3) is 0 Å². The molecule has 0 aliphatic carbocycles. The number of hydrogen-bond acceptors (Lipinski definition) is 3. The Kier molecular flexibility index (Phi) is 6.82. The lowest BCUT2D eigenvalue weighted by Crippen LogP contribution is -2.30. The molecule has 3 heteroatoms. The molecule has 1 N–H and O–H groups in total. The van der Waals surface area contributed by atoms with Gasteiger partial charge >= 0.3 is 0 Å². The quantitative estimate of drug-likeness (QED) is 0.562. The minimum absolute atomic E-state index is 0.539. The lowest BCUT2D eigenvalue weighted by atomic mass is 9.92. The van der Waals surface area contributed by atoms with E-state index in [4.69, 9.17) is 9.47 Å². The maximum Gasteiger partial charge on any atom is 0.164 e. The molecule has 0 spiro atoms. The number of ether oxygens (including phenoxy) is 2. The highest BCUT2D eigenvalue weighted by molar-refractivity contribution is 5.47. The van der Waals surface area contributed by atoms with E-state index in [1.807, 2.05) is 42.5 Å². The highest BCUT2D eigenvalue weighted by atomic mass is 16.5. The highest BCUT2D eigenvalue weighted by Gasteiger charge is 2.18. The zero-order valence-electron chi connectivity index (χ0n) is 16.8. The zero-order chi connectivity index (χ0) is 19.7. The van der Waals surface area contributed by atoms with Crippen LogP contribution in [0.4, 0.5) is 0 Å². The van der Waals surface area contributed by atoms with Gasteiger partial charge in [-0.3, -0.25) is 0 Å². The van der Waals surface area contributed by atoms with Crippen LogP contribution in [0, 0.1) is 5.92 Å². The van der Waals surface area contributed by atoms with Crippen LogP contribution in [0.15, 0.2) is 78.9 Å². The summed E-state index contributed by atoms with van der Waals surface area (Å²) in [7, 11) is 0. The van der Waals surface area contributed by atoms with Crippen molar-refractivity contribution in [2.75, 3.05) is 13.1 Å². The molecule has 1 saturated heterocycles. The summed E-state index contributed by atoms with van der Waals surface area (Å²) in [6.07, 6.45) is 3.52. The molecular formula is C26H29NO2. The maximum atomic E-state index is 6.34. The van der Waals surface area contributed by atoms with Crippen molar-refractivity contribution in [3.05, 3.63) is 95.6 Å². The van der Waals surface area contributed by atoms with Gasteiger partial charge in [0.15, 0.2) is 11.5 Å². The topological polar surface area (TPSA) is 30.5 Å². The number of para-hydroxylation sites is 1. The van der Waals surface area contributed by atoms with E-state index in [9.17, 15) is 0 Å². The minimum Gasteiger partial charge on any atom is -0.485 e. The Morgan fingerprint density at radius 3 is 2.10 bits per heavy atom. The van der Waals surface area contributed by atoms with E-state index in [-0.39, 0.29) is 0 Å². The average molecular weight is 388 g/mol. The molecule has 0 bridgehead atoms. The fourth-order valence-corrected chi connectivity index (χ4v) is 3.87. The van der Waals surface area contributed by atoms with Gasteiger partial charge in [0.2, 0.25) is 0 Å². The van der Waals surface area contributed by atoms with Gasteiger partial charge in [-0.25, -0.2) is 0 Å². The Labute approximate surface area is 173 Å². The van der Waals surface area contributed by atoms with Crippen LogP contribution in [0.3, 0.4) is 0 Å². The summed E-state index contributed by atoms with van der Waals surface area (Å²) in [5.74, 6) is 2.36. The van der Waals surface area contributed by atoms with E-state index in [2.05, 4.69) is 41.7 Å². The molecule has 3 aromatic rings. The molecule has 3 aromatic carbocycles. The van der Waals surface area contributed by atoms with Gasteiger partial charge in [-0.15, -0.1) is 0 Å². The molecule has 0 saturated carbocycles. The molecule has 1 aliphatic heterocycles. The van der Waals surface area contributed by atoms with Crippen molar-refractivity contribution in [2.45, 2.75) is 32.5 Å². The average Bonchev–Trinajstić information content (AvgIpc) is 2.79. The van der Waals surface area contributed by atoms with Crippen molar-refractivity contribution in [1.29, 1.82) is 0 Å². The van der Waals surface area contributed by atoms with Crippen molar-refractivity contribution >= 4 is 0 Å². The number of piperidine rings is 1. The van der Waals surface area contributed by atoms with E-state index in [1.54, 1.807) is 0 Å². The first-order chi connectivity index (χ1) is 14.4. The van der Waals surface area contributed by atoms with Crippen LogP contribution in [-0.4, -0.2) is 13.1 Å². The van der Waals surface area contributed by atoms with Crippen LogP contribution >= 0.6 is 0 Å². The van der Waals surface area contributed by atoms with Crippen LogP contribution in [0.5, 0.6) is 11.5 Å². The minimum atomic E-state index is 0.539. The van der Waals surface area contributed by atoms with Crippen molar-refractivity contribution in [1.82, 2.24) is 5.32 Å². The van der Waals surface area contributed by atoms with Gasteiger partial charge < -0.3 is 14.8 Å². The lowest BCUT2D eigenvalue weighted by Gasteiger charge is -2.24. The molecule has 0 radical (unpaired) electrons. The highest BCUT2D eigenvalue weighted by Crippen LogP contribution is 2.35. The molecule has 150 valence electrons. The standard InChI is InChI=1S/C26H29NO2/c1-3-9-21(10-4-1)19-28-25-15-7-14-24(17-23-13-8-16-27-18-23)26(25)29-20-22-11-5-2-6-12-22/h1-7,9-12,14-15,23,27H,8,13,16-20H2. The van der Waals surface area contributed by atoms with E-state index in [0.717, 1.165) is 42.1 Å². The van der Waals surface area contributed by atoms with E-state index in [0.29, 0.717) is 19.1 Å². The Morgan fingerprint density at radius 1 is 0.759 bits per heavy atom. The second-order valence-electron chi connectivity index (χ2n) is 7.71. The first-order valence-corrected chi connectivity index (χ1v) is 10.5. The van der Waals surface area contributed by atoms with E-state index in [1.165, 1.54) is 18.4 Å². The summed E-state index contributed by atoms with van der Waals surface area (Å²) in [5, 5.41) is 3.52. The first-order valence-electron chi connectivity index (χ1n) is 10.5. The summed E-state index contributed by atoms with van der Waals surface area (Å²) in [4.78, 5) is 0.